The van der Waals surface area contributed by atoms with Crippen LogP contribution in [0.5, 0.6) is 17.5 Å². The maximum absolute atomic E-state index is 13.8. The van der Waals surface area contributed by atoms with Crippen LogP contribution in [0.15, 0.2) is 58.1 Å². The molecule has 0 amide bonds. The van der Waals surface area contributed by atoms with E-state index < -0.39 is 23.4 Å². The van der Waals surface area contributed by atoms with Gasteiger partial charge in [0, 0.05) is 57.4 Å². The Morgan fingerprint density at radius 3 is 2.29 bits per heavy atom. The molecular weight excluding hydrogens is 565 g/mol. The molecule has 0 bridgehead atoms. The smallest absolute Gasteiger partial charge is 0.425 e. The SMILES string of the molecule is CN1CCN(CCn2c(=O)c3c(nc(Oc4cccc(OC(F)(F)F)c4)n3Cc3ccc(Cl)cc3)n(C)c2=O)CC1. The van der Waals surface area contributed by atoms with Crippen LogP contribution in [0.2, 0.25) is 5.02 Å². The van der Waals surface area contributed by atoms with Crippen LogP contribution in [0.4, 0.5) is 13.2 Å². The highest BCUT2D eigenvalue weighted by molar-refractivity contribution is 6.30. The van der Waals surface area contributed by atoms with Crippen molar-refractivity contribution in [2.24, 2.45) is 7.05 Å². The number of nitrogens with zero attached hydrogens (tertiary/aromatic N) is 6. The van der Waals surface area contributed by atoms with E-state index in [9.17, 15) is 22.8 Å². The van der Waals surface area contributed by atoms with Crippen LogP contribution in [0, 0.1) is 0 Å². The van der Waals surface area contributed by atoms with Gasteiger partial charge in [-0.3, -0.25) is 23.4 Å². The quantitative estimate of drug-likeness (QED) is 0.309. The van der Waals surface area contributed by atoms with Gasteiger partial charge >= 0.3 is 18.1 Å². The van der Waals surface area contributed by atoms with E-state index >= 15 is 0 Å². The molecule has 10 nitrogen and oxygen atoms in total. The van der Waals surface area contributed by atoms with Crippen LogP contribution >= 0.6 is 11.6 Å². The van der Waals surface area contributed by atoms with Crippen molar-refractivity contribution in [1.29, 1.82) is 0 Å². The number of halogens is 4. The largest absolute Gasteiger partial charge is 0.573 e. The molecule has 0 radical (unpaired) electrons. The summed E-state index contributed by atoms with van der Waals surface area (Å²) in [5.41, 5.74) is -0.104. The normalized spacial score (nSPS) is 15.0. The second-order valence-corrected chi connectivity index (χ2v) is 10.3. The van der Waals surface area contributed by atoms with E-state index in [0.717, 1.165) is 43.9 Å². The first kappa shape index (κ1) is 28.7. The number of benzene rings is 2. The van der Waals surface area contributed by atoms with Gasteiger partial charge in [0.25, 0.3) is 5.56 Å². The van der Waals surface area contributed by atoms with Crippen LogP contribution in [0.1, 0.15) is 5.56 Å². The lowest BCUT2D eigenvalue weighted by molar-refractivity contribution is -0.274. The molecule has 1 aliphatic rings. The van der Waals surface area contributed by atoms with Gasteiger partial charge in [-0.25, -0.2) is 4.79 Å². The zero-order chi connectivity index (χ0) is 29.3. The number of imidazole rings is 1. The van der Waals surface area contributed by atoms with Crippen LogP contribution < -0.4 is 20.7 Å². The van der Waals surface area contributed by atoms with Crippen LogP contribution in [0.25, 0.3) is 11.2 Å². The Balaban J connectivity index is 1.56. The fourth-order valence-corrected chi connectivity index (χ4v) is 4.82. The molecule has 2 aromatic heterocycles. The topological polar surface area (TPSA) is 86.8 Å². The molecule has 1 fully saturated rings. The maximum Gasteiger partial charge on any atom is 0.573 e. The number of alkyl halides is 3. The van der Waals surface area contributed by atoms with Gasteiger partial charge < -0.3 is 14.4 Å². The number of hydrogen-bond donors (Lipinski definition) is 0. The Morgan fingerprint density at radius 1 is 0.927 bits per heavy atom. The van der Waals surface area contributed by atoms with Gasteiger partial charge in [0.1, 0.15) is 11.5 Å². The monoisotopic (exact) mass is 592 g/mol. The van der Waals surface area contributed by atoms with Crippen molar-refractivity contribution >= 4 is 22.8 Å². The lowest BCUT2D eigenvalue weighted by atomic mass is 10.2. The highest BCUT2D eigenvalue weighted by Crippen LogP contribution is 2.30. The van der Waals surface area contributed by atoms with Gasteiger partial charge in [0.05, 0.1) is 6.54 Å². The number of rotatable bonds is 8. The minimum absolute atomic E-state index is 0.000181. The number of likely N-dealkylation sites (N-methyl/N-ethyl adjacent to an activating group) is 1. The van der Waals surface area contributed by atoms with Crippen LogP contribution in [-0.4, -0.2) is 74.6 Å². The van der Waals surface area contributed by atoms with Gasteiger partial charge in [-0.05, 0) is 36.9 Å². The summed E-state index contributed by atoms with van der Waals surface area (Å²) in [7, 11) is 3.56. The summed E-state index contributed by atoms with van der Waals surface area (Å²) in [5, 5.41) is 0.524. The summed E-state index contributed by atoms with van der Waals surface area (Å²) in [6, 6.07) is 11.8. The Hall–Kier alpha value is -3.81. The molecule has 1 aliphatic heterocycles. The summed E-state index contributed by atoms with van der Waals surface area (Å²) in [6.07, 6.45) is -4.88. The second-order valence-electron chi connectivity index (χ2n) is 9.85. The first-order valence-electron chi connectivity index (χ1n) is 12.9. The predicted octanol–water partition coefficient (Wildman–Crippen LogP) is 3.54. The van der Waals surface area contributed by atoms with E-state index in [1.54, 1.807) is 24.3 Å². The molecule has 41 heavy (non-hydrogen) atoms. The Labute approximate surface area is 237 Å². The number of hydrogen-bond acceptors (Lipinski definition) is 7. The predicted molar refractivity (Wildman–Crippen MR) is 147 cm³/mol. The molecule has 0 saturated carbocycles. The van der Waals surface area contributed by atoms with E-state index in [1.807, 2.05) is 7.05 Å². The zero-order valence-corrected chi connectivity index (χ0v) is 23.2. The van der Waals surface area contributed by atoms with Crippen molar-refractivity contribution in [2.45, 2.75) is 19.5 Å². The lowest BCUT2D eigenvalue weighted by Crippen LogP contribution is -2.47. The van der Waals surface area contributed by atoms with Gasteiger partial charge in [-0.15, -0.1) is 13.2 Å². The third kappa shape index (κ3) is 6.58. The molecule has 1 saturated heterocycles. The second kappa shape index (κ2) is 11.6. The van der Waals surface area contributed by atoms with Crippen molar-refractivity contribution in [2.75, 3.05) is 39.8 Å². The van der Waals surface area contributed by atoms with Crippen molar-refractivity contribution in [3.05, 3.63) is 80.0 Å². The highest BCUT2D eigenvalue weighted by atomic mass is 35.5. The number of aromatic nitrogens is 4. The minimum atomic E-state index is -4.88. The third-order valence-electron chi connectivity index (χ3n) is 6.94. The first-order chi connectivity index (χ1) is 19.5. The summed E-state index contributed by atoms with van der Waals surface area (Å²) >= 11 is 6.05. The van der Waals surface area contributed by atoms with Crippen molar-refractivity contribution in [3.63, 3.8) is 0 Å². The number of piperazine rings is 1. The standard InChI is InChI=1S/C27H28ClF3N6O4/c1-33-10-12-35(13-11-33)14-15-36-24(38)22-23(34(2)26(36)39)32-25(37(22)17-18-6-8-19(28)9-7-18)40-20-4-3-5-21(16-20)41-27(29,30)31/h3-9,16H,10-15,17H2,1-2H3. The molecule has 0 unspecified atom stereocenters. The first-order valence-corrected chi connectivity index (χ1v) is 13.3. The molecule has 0 spiro atoms. The number of fused-ring (bicyclic) bond motifs is 1. The highest BCUT2D eigenvalue weighted by Gasteiger charge is 2.31. The summed E-state index contributed by atoms with van der Waals surface area (Å²) in [5.74, 6) is -0.478. The van der Waals surface area contributed by atoms with Gasteiger partial charge in [0.15, 0.2) is 11.2 Å². The molecule has 5 rings (SSSR count). The summed E-state index contributed by atoms with van der Waals surface area (Å²) in [4.78, 5) is 35.9. The lowest BCUT2D eigenvalue weighted by Gasteiger charge is -2.32. The van der Waals surface area contributed by atoms with Gasteiger partial charge in [0.2, 0.25) is 0 Å². The molecular formula is C27H28ClF3N6O4. The molecule has 0 N–H and O–H groups in total. The molecule has 0 aliphatic carbocycles. The summed E-state index contributed by atoms with van der Waals surface area (Å²) < 4.78 is 52.2. The van der Waals surface area contributed by atoms with E-state index in [2.05, 4.69) is 19.5 Å². The van der Waals surface area contributed by atoms with Gasteiger partial charge in [-0.1, -0.05) is 29.8 Å². The summed E-state index contributed by atoms with van der Waals surface area (Å²) in [6.45, 7) is 4.29. The fourth-order valence-electron chi connectivity index (χ4n) is 4.70. The van der Waals surface area contributed by atoms with Crippen molar-refractivity contribution < 1.29 is 22.6 Å². The Morgan fingerprint density at radius 2 is 1.61 bits per heavy atom. The van der Waals surface area contributed by atoms with Crippen LogP contribution in [0.3, 0.4) is 0 Å². The fraction of sp³-hybridized carbons (Fsp3) is 0.370. The van der Waals surface area contributed by atoms with Crippen molar-refractivity contribution in [1.82, 2.24) is 28.5 Å². The molecule has 3 heterocycles. The van der Waals surface area contributed by atoms with E-state index in [4.69, 9.17) is 16.3 Å². The number of aryl methyl sites for hydroxylation is 1. The molecule has 218 valence electrons. The molecule has 0 atom stereocenters. The average Bonchev–Trinajstić information content (AvgIpc) is 3.26. The van der Waals surface area contributed by atoms with E-state index in [1.165, 1.54) is 32.9 Å². The van der Waals surface area contributed by atoms with Gasteiger partial charge in [-0.2, -0.15) is 4.98 Å². The number of ether oxygens (including phenoxy) is 2. The Kier molecular flexibility index (Phi) is 8.11. The molecule has 14 heteroatoms. The van der Waals surface area contributed by atoms with Crippen LogP contribution in [-0.2, 0) is 20.1 Å². The Bertz CT molecular complexity index is 1660. The molecule has 2 aromatic carbocycles. The zero-order valence-electron chi connectivity index (χ0n) is 22.4. The maximum atomic E-state index is 13.8. The third-order valence-corrected chi connectivity index (χ3v) is 7.19. The minimum Gasteiger partial charge on any atom is -0.425 e. The van der Waals surface area contributed by atoms with Crippen molar-refractivity contribution in [3.8, 4) is 17.5 Å². The average molecular weight is 593 g/mol. The van der Waals surface area contributed by atoms with E-state index in [-0.39, 0.29) is 36.0 Å². The molecule has 4 aromatic rings. The van der Waals surface area contributed by atoms with E-state index in [0.29, 0.717) is 11.6 Å².